The summed E-state index contributed by atoms with van der Waals surface area (Å²) >= 11 is 6.09. The van der Waals surface area contributed by atoms with Gasteiger partial charge >= 0.3 is 0 Å². The Morgan fingerprint density at radius 2 is 1.50 bits per heavy atom. The van der Waals surface area contributed by atoms with Gasteiger partial charge in [0.2, 0.25) is 0 Å². The van der Waals surface area contributed by atoms with E-state index >= 15 is 0 Å². The first-order valence-corrected chi connectivity index (χ1v) is 14.3. The lowest BCUT2D eigenvalue weighted by molar-refractivity contribution is 0.442. The Labute approximate surface area is 251 Å². The van der Waals surface area contributed by atoms with E-state index in [9.17, 15) is 10.2 Å². The van der Waals surface area contributed by atoms with E-state index in [0.717, 1.165) is 33.4 Å². The highest BCUT2D eigenvalue weighted by Gasteiger charge is 2.31. The van der Waals surface area contributed by atoms with Crippen LogP contribution >= 0.6 is 11.6 Å². The van der Waals surface area contributed by atoms with Gasteiger partial charge in [0.25, 0.3) is 0 Å². The fraction of sp³-hybridized carbons (Fsp3) is 0.303. The van der Waals surface area contributed by atoms with Crippen molar-refractivity contribution >= 4 is 34.0 Å². The summed E-state index contributed by atoms with van der Waals surface area (Å²) in [6.45, 7) is 14.8. The maximum absolute atomic E-state index is 11.0. The molecule has 9 heteroatoms. The average Bonchev–Trinajstić information content (AvgIpc) is 3.53. The summed E-state index contributed by atoms with van der Waals surface area (Å²) in [5.41, 5.74) is 9.97. The maximum atomic E-state index is 11.0. The van der Waals surface area contributed by atoms with Crippen molar-refractivity contribution in [3.63, 3.8) is 0 Å². The largest absolute Gasteiger partial charge is 0.506 e. The maximum Gasteiger partial charge on any atom is 0.146 e. The van der Waals surface area contributed by atoms with E-state index in [4.69, 9.17) is 11.6 Å². The molecule has 0 spiro atoms. The third-order valence-corrected chi connectivity index (χ3v) is 7.41. The van der Waals surface area contributed by atoms with Crippen LogP contribution in [0.4, 0.5) is 5.69 Å². The smallest absolute Gasteiger partial charge is 0.146 e. The molecule has 218 valence electrons. The molecule has 2 heterocycles. The first-order valence-electron chi connectivity index (χ1n) is 13.9. The van der Waals surface area contributed by atoms with Gasteiger partial charge in [0.05, 0.1) is 11.8 Å². The number of hydrazine groups is 1. The van der Waals surface area contributed by atoms with Crippen LogP contribution in [0.2, 0.25) is 0 Å². The standard InChI is InChI=1S/C20H26ClN3O.C13H11N3O/c1-19(2,3)12-9-14(20(4,5)6)18(25)17(10-12)24-22-15-8-7-13(21)11-16(15)23-24;1-9-6-7-13(17)12(8-9)16-14-10-4-2-3-5-11(10)15-16/h7-11,16,23,25H,1-6H3;2-8,17H,1H3. The molecule has 1 unspecified atom stereocenters. The highest BCUT2D eigenvalue weighted by Crippen LogP contribution is 2.42. The number of aryl methyl sites for hydroxylation is 1. The molecule has 0 amide bonds. The molecule has 1 aromatic heterocycles. The third kappa shape index (κ3) is 6.05. The summed E-state index contributed by atoms with van der Waals surface area (Å²) in [6.07, 6.45) is 5.64. The molecule has 1 aliphatic heterocycles. The highest BCUT2D eigenvalue weighted by molar-refractivity contribution is 6.32. The molecule has 0 fully saturated rings. The van der Waals surface area contributed by atoms with Gasteiger partial charge in [-0.2, -0.15) is 15.6 Å². The Morgan fingerprint density at radius 3 is 2.12 bits per heavy atom. The molecule has 0 radical (unpaired) electrons. The van der Waals surface area contributed by atoms with Gasteiger partial charge in [-0.25, -0.2) is 0 Å². The second kappa shape index (κ2) is 10.9. The van der Waals surface area contributed by atoms with Gasteiger partial charge in [0.1, 0.15) is 33.9 Å². The summed E-state index contributed by atoms with van der Waals surface area (Å²) < 4.78 is 0. The Balaban J connectivity index is 0.000000180. The minimum Gasteiger partial charge on any atom is -0.506 e. The molecule has 0 saturated carbocycles. The highest BCUT2D eigenvalue weighted by atomic mass is 35.5. The molecular weight excluding hydrogens is 548 g/mol. The van der Waals surface area contributed by atoms with Crippen LogP contribution < -0.4 is 10.5 Å². The minimum atomic E-state index is -0.178. The van der Waals surface area contributed by atoms with Gasteiger partial charge in [0, 0.05) is 10.6 Å². The van der Waals surface area contributed by atoms with Crippen molar-refractivity contribution in [3.8, 4) is 17.2 Å². The van der Waals surface area contributed by atoms with E-state index in [2.05, 4.69) is 68.3 Å². The number of fused-ring (bicyclic) bond motifs is 2. The van der Waals surface area contributed by atoms with Crippen LogP contribution in [-0.2, 0) is 10.8 Å². The summed E-state index contributed by atoms with van der Waals surface area (Å²) in [6, 6.07) is 17.0. The number of anilines is 1. The van der Waals surface area contributed by atoms with Crippen LogP contribution in [0.25, 0.3) is 16.7 Å². The summed E-state index contributed by atoms with van der Waals surface area (Å²) in [7, 11) is 0. The number of halogens is 1. The number of hydrogen-bond acceptors (Lipinski definition) is 7. The molecule has 0 bridgehead atoms. The molecule has 1 aliphatic carbocycles. The number of allylic oxidation sites excluding steroid dienone is 2. The zero-order chi connectivity index (χ0) is 30.4. The lowest BCUT2D eigenvalue weighted by atomic mass is 9.79. The normalized spacial score (nSPS) is 16.6. The summed E-state index contributed by atoms with van der Waals surface area (Å²) in [4.78, 5) is 1.47. The molecule has 2 aliphatic rings. The Hall–Kier alpha value is -4.14. The number of rotatable bonds is 2. The molecular formula is C33H37ClN6O2. The fourth-order valence-corrected chi connectivity index (χ4v) is 4.90. The Bertz CT molecular complexity index is 1710. The van der Waals surface area contributed by atoms with Gasteiger partial charge < -0.3 is 10.2 Å². The number of hydrogen-bond donors (Lipinski definition) is 3. The van der Waals surface area contributed by atoms with E-state index in [-0.39, 0.29) is 28.4 Å². The van der Waals surface area contributed by atoms with Crippen LogP contribution in [0.5, 0.6) is 11.5 Å². The van der Waals surface area contributed by atoms with Gasteiger partial charge in [-0.3, -0.25) is 0 Å². The molecule has 3 N–H and O–H groups in total. The predicted octanol–water partition coefficient (Wildman–Crippen LogP) is 7.16. The van der Waals surface area contributed by atoms with Crippen LogP contribution in [0.15, 0.2) is 83.0 Å². The van der Waals surface area contributed by atoms with Crippen molar-refractivity contribution in [3.05, 3.63) is 94.5 Å². The van der Waals surface area contributed by atoms with Crippen LogP contribution in [0, 0.1) is 6.92 Å². The second-order valence-corrected chi connectivity index (χ2v) is 13.1. The number of hydrazone groups is 1. The van der Waals surface area contributed by atoms with E-state index < -0.39 is 0 Å². The average molecular weight is 585 g/mol. The molecule has 3 aromatic carbocycles. The predicted molar refractivity (Wildman–Crippen MR) is 171 cm³/mol. The van der Waals surface area contributed by atoms with Gasteiger partial charge in [-0.05, 0) is 77.4 Å². The SMILES string of the molecule is CC(C)(C)c1cc(N2N=C3C=CC(Cl)=CC3N2)c(O)c(C(C)(C)C)c1.Cc1ccc(O)c(-n2nc3ccccc3n2)c1. The van der Waals surface area contributed by atoms with Crippen molar-refractivity contribution in [2.75, 3.05) is 5.12 Å². The van der Waals surface area contributed by atoms with E-state index in [1.807, 2.05) is 67.6 Å². The molecule has 1 atom stereocenters. The van der Waals surface area contributed by atoms with E-state index in [1.54, 1.807) is 11.2 Å². The third-order valence-electron chi connectivity index (χ3n) is 7.16. The second-order valence-electron chi connectivity index (χ2n) is 12.7. The zero-order valence-corrected chi connectivity index (χ0v) is 25.8. The number of benzene rings is 3. The van der Waals surface area contributed by atoms with Gasteiger partial charge in [0.15, 0.2) is 0 Å². The first-order chi connectivity index (χ1) is 19.7. The van der Waals surface area contributed by atoms with Crippen molar-refractivity contribution < 1.29 is 10.2 Å². The topological polar surface area (TPSA) is 98.8 Å². The molecule has 42 heavy (non-hydrogen) atoms. The number of nitrogens with zero attached hydrogens (tertiary/aromatic N) is 5. The van der Waals surface area contributed by atoms with Crippen molar-refractivity contribution in [1.29, 1.82) is 0 Å². The monoisotopic (exact) mass is 584 g/mol. The quantitative estimate of drug-likeness (QED) is 0.231. The molecule has 8 nitrogen and oxygen atoms in total. The van der Waals surface area contributed by atoms with Crippen molar-refractivity contribution in [2.45, 2.75) is 65.3 Å². The molecule has 0 saturated heterocycles. The Morgan fingerprint density at radius 1 is 0.833 bits per heavy atom. The van der Waals surface area contributed by atoms with Crippen molar-refractivity contribution in [1.82, 2.24) is 20.4 Å². The van der Waals surface area contributed by atoms with Crippen LogP contribution in [0.3, 0.4) is 0 Å². The van der Waals surface area contributed by atoms with Crippen molar-refractivity contribution in [2.24, 2.45) is 5.10 Å². The number of phenolic OH excluding ortho intramolecular Hbond substituents is 2. The lowest BCUT2D eigenvalue weighted by Gasteiger charge is -2.29. The number of aromatic nitrogens is 3. The number of nitrogens with one attached hydrogen (secondary N) is 1. The summed E-state index contributed by atoms with van der Waals surface area (Å²) in [5.74, 6) is 0.436. The lowest BCUT2D eigenvalue weighted by Crippen LogP contribution is -2.37. The van der Waals surface area contributed by atoms with Gasteiger partial charge in [-0.15, -0.1) is 15.0 Å². The van der Waals surface area contributed by atoms with E-state index in [0.29, 0.717) is 16.4 Å². The number of phenols is 2. The van der Waals surface area contributed by atoms with Crippen LogP contribution in [0.1, 0.15) is 58.2 Å². The zero-order valence-electron chi connectivity index (χ0n) is 25.0. The molecule has 6 rings (SSSR count). The van der Waals surface area contributed by atoms with Gasteiger partial charge in [-0.1, -0.05) is 77.4 Å². The number of aromatic hydroxyl groups is 2. The fourth-order valence-electron chi connectivity index (χ4n) is 4.71. The first kappa shape index (κ1) is 29.4. The molecule has 4 aromatic rings. The van der Waals surface area contributed by atoms with Crippen LogP contribution in [-0.4, -0.2) is 37.0 Å². The minimum absolute atomic E-state index is 0.0365. The Kier molecular flexibility index (Phi) is 7.64. The summed E-state index contributed by atoms with van der Waals surface area (Å²) in [5, 5.41) is 36.4. The van der Waals surface area contributed by atoms with E-state index in [1.165, 1.54) is 4.80 Å².